The number of nitrogens with zero attached hydrogens (tertiary/aromatic N) is 3. The molecular weight excluding hydrogens is 503 g/mol. The average Bonchev–Trinajstić information content (AvgIpc) is 3.76. The Kier molecular flexibility index (Phi) is 5.49. The van der Waals surface area contributed by atoms with Crippen LogP contribution in [0.2, 0.25) is 0 Å². The van der Waals surface area contributed by atoms with Crippen molar-refractivity contribution in [3.63, 3.8) is 0 Å². The number of benzene rings is 1. The fraction of sp³-hybridized carbons (Fsp3) is 0.577. The van der Waals surface area contributed by atoms with E-state index in [2.05, 4.69) is 15.5 Å². The largest absolute Gasteiger partial charge is 0.471 e. The number of amides is 4. The summed E-state index contributed by atoms with van der Waals surface area (Å²) >= 11 is 0. The van der Waals surface area contributed by atoms with E-state index in [9.17, 15) is 32.3 Å². The van der Waals surface area contributed by atoms with E-state index in [1.807, 2.05) is 6.07 Å². The number of para-hydroxylation sites is 1. The van der Waals surface area contributed by atoms with Crippen LogP contribution >= 0.6 is 0 Å². The Morgan fingerprint density at radius 1 is 1.21 bits per heavy atom. The van der Waals surface area contributed by atoms with Crippen LogP contribution in [0.3, 0.4) is 0 Å². The van der Waals surface area contributed by atoms with Crippen LogP contribution in [-0.2, 0) is 24.6 Å². The van der Waals surface area contributed by atoms with Crippen LogP contribution in [-0.4, -0.2) is 70.9 Å². The first-order chi connectivity index (χ1) is 18.0. The Morgan fingerprint density at radius 2 is 1.95 bits per heavy atom. The molecule has 3 aliphatic heterocycles. The normalized spacial score (nSPS) is 31.9. The molecule has 4 fully saturated rings. The molecule has 6 rings (SSSR count). The van der Waals surface area contributed by atoms with Gasteiger partial charge in [-0.15, -0.1) is 0 Å². The summed E-state index contributed by atoms with van der Waals surface area (Å²) in [6.07, 6.45) is -3.12. The lowest BCUT2D eigenvalue weighted by atomic mass is 9.80. The van der Waals surface area contributed by atoms with Crippen LogP contribution in [0, 0.1) is 24.3 Å². The van der Waals surface area contributed by atoms with Gasteiger partial charge in [-0.1, -0.05) is 35.9 Å². The van der Waals surface area contributed by atoms with Crippen LogP contribution in [0.15, 0.2) is 24.3 Å². The van der Waals surface area contributed by atoms with Crippen molar-refractivity contribution >= 4 is 29.3 Å². The van der Waals surface area contributed by atoms with Gasteiger partial charge >= 0.3 is 18.2 Å². The van der Waals surface area contributed by atoms with Crippen LogP contribution < -0.4 is 10.6 Å². The summed E-state index contributed by atoms with van der Waals surface area (Å²) in [5, 5.41) is 5.53. The highest BCUT2D eigenvalue weighted by molar-refractivity contribution is 6.07. The van der Waals surface area contributed by atoms with Crippen molar-refractivity contribution < 1.29 is 32.3 Å². The molecule has 3 heterocycles. The van der Waals surface area contributed by atoms with Crippen molar-refractivity contribution in [3.05, 3.63) is 34.7 Å². The van der Waals surface area contributed by atoms with Gasteiger partial charge < -0.3 is 15.5 Å². The number of nitrogens with one attached hydrogen (secondary N) is 2. The minimum atomic E-state index is -5.09. The number of fused-ring (bicyclic) bond motifs is 3. The molecular formula is C26H27F3N5O4+. The van der Waals surface area contributed by atoms with Gasteiger partial charge in [-0.05, 0) is 42.2 Å². The molecule has 4 amide bonds. The molecule has 0 bridgehead atoms. The number of hydrogen-bond donors (Lipinski definition) is 2. The van der Waals surface area contributed by atoms with E-state index >= 15 is 0 Å². The van der Waals surface area contributed by atoms with E-state index in [0.29, 0.717) is 23.4 Å². The molecule has 3 unspecified atom stereocenters. The highest BCUT2D eigenvalue weighted by atomic mass is 19.4. The molecule has 0 radical (unpaired) electrons. The van der Waals surface area contributed by atoms with Crippen LogP contribution in [0.5, 0.6) is 0 Å². The molecule has 2 aliphatic carbocycles. The monoisotopic (exact) mass is 530 g/mol. The number of alkyl halides is 3. The Hall–Kier alpha value is -3.62. The second kappa shape index (κ2) is 8.44. The van der Waals surface area contributed by atoms with Gasteiger partial charge in [0, 0.05) is 18.8 Å². The Bertz CT molecular complexity index is 1270. The highest BCUT2D eigenvalue weighted by Gasteiger charge is 2.62. The van der Waals surface area contributed by atoms with E-state index in [1.54, 1.807) is 18.2 Å². The van der Waals surface area contributed by atoms with E-state index in [1.165, 1.54) is 4.90 Å². The van der Waals surface area contributed by atoms with Crippen molar-refractivity contribution in [3.8, 4) is 6.57 Å². The third kappa shape index (κ3) is 3.90. The molecule has 2 saturated heterocycles. The summed E-state index contributed by atoms with van der Waals surface area (Å²) in [6.45, 7) is 5.55. The number of hydrogen-bond acceptors (Lipinski definition) is 4. The van der Waals surface area contributed by atoms with Crippen molar-refractivity contribution in [2.45, 2.75) is 61.9 Å². The topological polar surface area (TPSA) is 103 Å². The maximum atomic E-state index is 13.9. The Balaban J connectivity index is 1.24. The summed E-state index contributed by atoms with van der Waals surface area (Å²) in [5.41, 5.74) is 0.347. The van der Waals surface area contributed by atoms with Gasteiger partial charge in [0.25, 0.3) is 12.5 Å². The van der Waals surface area contributed by atoms with Gasteiger partial charge in [0.2, 0.25) is 11.8 Å². The van der Waals surface area contributed by atoms with Crippen LogP contribution in [0.25, 0.3) is 4.85 Å². The molecule has 38 heavy (non-hydrogen) atoms. The van der Waals surface area contributed by atoms with Gasteiger partial charge in [0.1, 0.15) is 17.5 Å². The number of halogens is 3. The standard InChI is InChI=1S/C26H26F3N5O4/c1-30-19-10-25(16-4-2-3-5-17(16)32-23(25)37)12-34(19)22(36)18(8-13-6-7-13)31-21(35)20-15-9-14(15)11-33(20)24(38)26(27,28)29/h1-5,13-15,18-20H,6-12H2,(H-,31,32,35,37)/p+1/t14?,15?,18-,19-,20?,25-/m0/s1. The number of anilines is 1. The predicted octanol–water partition coefficient (Wildman–Crippen LogP) is 2.09. The van der Waals surface area contributed by atoms with E-state index < -0.39 is 47.6 Å². The molecule has 2 saturated carbocycles. The molecule has 1 spiro atoms. The summed E-state index contributed by atoms with van der Waals surface area (Å²) in [6, 6.07) is 4.89. The van der Waals surface area contributed by atoms with Crippen molar-refractivity contribution in [1.82, 2.24) is 15.1 Å². The zero-order valence-corrected chi connectivity index (χ0v) is 20.4. The van der Waals surface area contributed by atoms with Crippen LogP contribution in [0.4, 0.5) is 18.9 Å². The van der Waals surface area contributed by atoms with Gasteiger partial charge in [-0.2, -0.15) is 13.2 Å². The quantitative estimate of drug-likeness (QED) is 0.609. The van der Waals surface area contributed by atoms with Crippen LogP contribution in [0.1, 0.15) is 37.7 Å². The van der Waals surface area contributed by atoms with Gasteiger partial charge in [-0.3, -0.25) is 24.1 Å². The van der Waals surface area contributed by atoms with E-state index in [-0.39, 0.29) is 43.2 Å². The molecule has 1 aromatic rings. The lowest BCUT2D eigenvalue weighted by Gasteiger charge is -2.30. The fourth-order valence-corrected chi connectivity index (χ4v) is 6.51. The third-order valence-corrected chi connectivity index (χ3v) is 8.71. The van der Waals surface area contributed by atoms with Gasteiger partial charge in [-0.25, -0.2) is 0 Å². The summed E-state index contributed by atoms with van der Waals surface area (Å²) in [7, 11) is 0. The van der Waals surface area contributed by atoms with Gasteiger partial charge in [0.15, 0.2) is 0 Å². The van der Waals surface area contributed by atoms with Crippen molar-refractivity contribution in [2.75, 3.05) is 18.4 Å². The number of rotatable bonds is 5. The van der Waals surface area contributed by atoms with E-state index in [4.69, 9.17) is 6.57 Å². The number of piperidine rings is 1. The number of carbonyl (C=O) groups excluding carboxylic acids is 4. The first-order valence-electron chi connectivity index (χ1n) is 12.8. The third-order valence-electron chi connectivity index (χ3n) is 8.71. The summed E-state index contributed by atoms with van der Waals surface area (Å²) < 4.78 is 39.5. The van der Waals surface area contributed by atoms with Crippen molar-refractivity contribution in [2.24, 2.45) is 17.8 Å². The highest BCUT2D eigenvalue weighted by Crippen LogP contribution is 2.51. The molecule has 1 aromatic carbocycles. The molecule has 2 N–H and O–H groups in total. The SMILES string of the molecule is C#[N+][C@@H]1C[C@@]2(CN1C(=O)[C@H](CC1CC1)NC(=O)C1C3CC3CN1C(=O)C(F)(F)F)C(=O)Nc1ccccc12. The molecule has 0 aromatic heterocycles. The minimum absolute atomic E-state index is 0.00387. The van der Waals surface area contributed by atoms with Crippen molar-refractivity contribution in [1.29, 1.82) is 0 Å². The minimum Gasteiger partial charge on any atom is -0.342 e. The Morgan fingerprint density at radius 3 is 2.63 bits per heavy atom. The zero-order valence-electron chi connectivity index (χ0n) is 20.4. The molecule has 6 atom stereocenters. The fourth-order valence-electron chi connectivity index (χ4n) is 6.51. The lowest BCUT2D eigenvalue weighted by Crippen LogP contribution is -2.57. The molecule has 12 heteroatoms. The summed E-state index contributed by atoms with van der Waals surface area (Å²) in [4.78, 5) is 58.1. The second-order valence-corrected chi connectivity index (χ2v) is 11.2. The number of carbonyl (C=O) groups is 4. The van der Waals surface area contributed by atoms with Gasteiger partial charge in [0.05, 0.1) is 6.42 Å². The predicted molar refractivity (Wildman–Crippen MR) is 128 cm³/mol. The summed E-state index contributed by atoms with van der Waals surface area (Å²) in [5.74, 6) is -3.85. The zero-order chi connectivity index (χ0) is 27.0. The number of likely N-dealkylation sites (tertiary alicyclic amines) is 2. The molecule has 200 valence electrons. The molecule has 5 aliphatic rings. The van der Waals surface area contributed by atoms with E-state index in [0.717, 1.165) is 18.4 Å². The smallest absolute Gasteiger partial charge is 0.342 e. The maximum absolute atomic E-state index is 13.9. The maximum Gasteiger partial charge on any atom is 0.471 e. The lowest BCUT2D eigenvalue weighted by molar-refractivity contribution is -0.187. The first-order valence-corrected chi connectivity index (χ1v) is 12.8. The Labute approximate surface area is 216 Å². The second-order valence-electron chi connectivity index (χ2n) is 11.2. The average molecular weight is 531 g/mol. The molecule has 9 nitrogen and oxygen atoms in total. The first kappa shape index (κ1) is 24.7.